The van der Waals surface area contributed by atoms with Crippen LogP contribution in [0.2, 0.25) is 0 Å². The maximum Gasteiger partial charge on any atom is 0.265 e. The van der Waals surface area contributed by atoms with Gasteiger partial charge < -0.3 is 19.9 Å². The second kappa shape index (κ2) is 9.41. The number of benzene rings is 2. The summed E-state index contributed by atoms with van der Waals surface area (Å²) in [5.74, 6) is -0.657. The molecule has 2 aromatic carbocycles. The number of ether oxygens (including phenoxy) is 1. The standard InChI is InChI=1S/C24H26N4O5/c1-26(2)11-5-12-27-19-14-16(8-9-20(19)33-15-22(27)30)25-21(29)10-13-28-23(31)17-6-3-4-7-18(17)24(28)32/h3-4,6-9,14H,5,10-13,15H2,1-2H3,(H,25,29). The van der Waals surface area contributed by atoms with Gasteiger partial charge in [0.15, 0.2) is 6.61 Å². The van der Waals surface area contributed by atoms with E-state index in [0.29, 0.717) is 34.8 Å². The Morgan fingerprint density at radius 1 is 1.00 bits per heavy atom. The van der Waals surface area contributed by atoms with E-state index in [9.17, 15) is 19.2 Å². The molecule has 2 aliphatic heterocycles. The summed E-state index contributed by atoms with van der Waals surface area (Å²) in [7, 11) is 3.95. The smallest absolute Gasteiger partial charge is 0.265 e. The molecule has 0 spiro atoms. The summed E-state index contributed by atoms with van der Waals surface area (Å²) < 4.78 is 5.53. The molecule has 0 saturated carbocycles. The van der Waals surface area contributed by atoms with Crippen LogP contribution in [-0.4, -0.2) is 73.8 Å². The van der Waals surface area contributed by atoms with Crippen LogP contribution in [0.15, 0.2) is 42.5 Å². The molecule has 0 aromatic heterocycles. The highest BCUT2D eigenvalue weighted by Gasteiger charge is 2.35. The lowest BCUT2D eigenvalue weighted by atomic mass is 10.1. The second-order valence-corrected chi connectivity index (χ2v) is 8.28. The van der Waals surface area contributed by atoms with Gasteiger partial charge in [-0.25, -0.2) is 0 Å². The fraction of sp³-hybridized carbons (Fsp3) is 0.333. The summed E-state index contributed by atoms with van der Waals surface area (Å²) >= 11 is 0. The number of fused-ring (bicyclic) bond motifs is 2. The molecule has 2 aromatic rings. The third kappa shape index (κ3) is 4.73. The molecule has 0 atom stereocenters. The summed E-state index contributed by atoms with van der Waals surface area (Å²) in [6, 6.07) is 11.8. The van der Waals surface area contributed by atoms with Gasteiger partial charge in [0.2, 0.25) is 5.91 Å². The lowest BCUT2D eigenvalue weighted by Crippen LogP contribution is -2.40. The third-order valence-corrected chi connectivity index (χ3v) is 5.61. The Bertz CT molecular complexity index is 1080. The van der Waals surface area contributed by atoms with Crippen molar-refractivity contribution in [2.75, 3.05) is 50.6 Å². The van der Waals surface area contributed by atoms with Crippen molar-refractivity contribution in [1.29, 1.82) is 0 Å². The molecular formula is C24H26N4O5. The van der Waals surface area contributed by atoms with Crippen LogP contribution in [0.3, 0.4) is 0 Å². The summed E-state index contributed by atoms with van der Waals surface area (Å²) in [5.41, 5.74) is 1.84. The molecule has 1 N–H and O–H groups in total. The molecule has 0 unspecified atom stereocenters. The molecule has 9 nitrogen and oxygen atoms in total. The van der Waals surface area contributed by atoms with Gasteiger partial charge in [-0.1, -0.05) is 12.1 Å². The molecule has 172 valence electrons. The van der Waals surface area contributed by atoms with Crippen molar-refractivity contribution < 1.29 is 23.9 Å². The quantitative estimate of drug-likeness (QED) is 0.618. The Morgan fingerprint density at radius 3 is 2.36 bits per heavy atom. The maximum absolute atomic E-state index is 12.5. The minimum atomic E-state index is -0.388. The summed E-state index contributed by atoms with van der Waals surface area (Å²) in [4.78, 5) is 54.7. The van der Waals surface area contributed by atoms with Gasteiger partial charge in [-0.05, 0) is 57.4 Å². The first-order valence-electron chi connectivity index (χ1n) is 10.8. The SMILES string of the molecule is CN(C)CCCN1C(=O)COc2ccc(NC(=O)CCN3C(=O)c4ccccc4C3=O)cc21. The minimum Gasteiger partial charge on any atom is -0.482 e. The maximum atomic E-state index is 12.5. The number of anilines is 2. The first-order chi connectivity index (χ1) is 15.8. The van der Waals surface area contributed by atoms with Crippen LogP contribution in [0, 0.1) is 0 Å². The molecule has 4 amide bonds. The zero-order valence-electron chi connectivity index (χ0n) is 18.7. The second-order valence-electron chi connectivity index (χ2n) is 8.28. The van der Waals surface area contributed by atoms with Crippen molar-refractivity contribution in [2.45, 2.75) is 12.8 Å². The number of imide groups is 1. The Labute approximate surface area is 191 Å². The molecule has 0 fully saturated rings. The van der Waals surface area contributed by atoms with Crippen LogP contribution in [0.25, 0.3) is 0 Å². The van der Waals surface area contributed by atoms with Gasteiger partial charge in [-0.2, -0.15) is 0 Å². The van der Waals surface area contributed by atoms with E-state index in [1.807, 2.05) is 14.1 Å². The number of carbonyl (C=O) groups is 4. The highest BCUT2D eigenvalue weighted by Crippen LogP contribution is 2.34. The van der Waals surface area contributed by atoms with Crippen molar-refractivity contribution in [3.05, 3.63) is 53.6 Å². The minimum absolute atomic E-state index is 0.0125. The van der Waals surface area contributed by atoms with Crippen LogP contribution < -0.4 is 15.0 Å². The number of nitrogens with zero attached hydrogens (tertiary/aromatic N) is 3. The first-order valence-corrected chi connectivity index (χ1v) is 10.8. The highest BCUT2D eigenvalue weighted by atomic mass is 16.5. The normalized spacial score (nSPS) is 14.9. The third-order valence-electron chi connectivity index (χ3n) is 5.61. The average molecular weight is 450 g/mol. The van der Waals surface area contributed by atoms with Gasteiger partial charge in [-0.15, -0.1) is 0 Å². The van der Waals surface area contributed by atoms with Gasteiger partial charge in [0.05, 0.1) is 16.8 Å². The number of hydrogen-bond acceptors (Lipinski definition) is 6. The lowest BCUT2D eigenvalue weighted by molar-refractivity contribution is -0.121. The Hall–Kier alpha value is -3.72. The molecule has 4 rings (SSSR count). The predicted octanol–water partition coefficient (Wildman–Crippen LogP) is 1.99. The highest BCUT2D eigenvalue weighted by molar-refractivity contribution is 6.21. The Balaban J connectivity index is 1.39. The molecule has 0 radical (unpaired) electrons. The van der Waals surface area contributed by atoms with Gasteiger partial charge in [0, 0.05) is 25.2 Å². The Kier molecular flexibility index (Phi) is 6.41. The van der Waals surface area contributed by atoms with Gasteiger partial charge in [0.25, 0.3) is 17.7 Å². The Morgan fingerprint density at radius 2 is 1.70 bits per heavy atom. The van der Waals surface area contributed by atoms with Crippen molar-refractivity contribution in [2.24, 2.45) is 0 Å². The molecule has 2 heterocycles. The van der Waals surface area contributed by atoms with Crippen LogP contribution in [0.4, 0.5) is 11.4 Å². The first kappa shape index (κ1) is 22.5. The van der Waals surface area contributed by atoms with Crippen molar-refractivity contribution in [1.82, 2.24) is 9.80 Å². The number of hydrogen-bond donors (Lipinski definition) is 1. The van der Waals surface area contributed by atoms with Gasteiger partial charge in [-0.3, -0.25) is 24.1 Å². The summed E-state index contributed by atoms with van der Waals surface area (Å²) in [6.45, 7) is 1.36. The van der Waals surface area contributed by atoms with Crippen LogP contribution in [-0.2, 0) is 9.59 Å². The summed E-state index contributed by atoms with van der Waals surface area (Å²) in [5, 5.41) is 2.79. The fourth-order valence-electron chi connectivity index (χ4n) is 3.95. The van der Waals surface area contributed by atoms with E-state index in [2.05, 4.69) is 10.2 Å². The van der Waals surface area contributed by atoms with E-state index < -0.39 is 0 Å². The molecule has 9 heteroatoms. The lowest BCUT2D eigenvalue weighted by Gasteiger charge is -2.30. The number of amides is 4. The predicted molar refractivity (Wildman–Crippen MR) is 123 cm³/mol. The molecule has 0 bridgehead atoms. The van der Waals surface area contributed by atoms with E-state index in [-0.39, 0.29) is 43.2 Å². The van der Waals surface area contributed by atoms with E-state index in [1.165, 1.54) is 0 Å². The van der Waals surface area contributed by atoms with Crippen molar-refractivity contribution >= 4 is 35.0 Å². The van der Waals surface area contributed by atoms with Crippen LogP contribution >= 0.6 is 0 Å². The van der Waals surface area contributed by atoms with Crippen LogP contribution in [0.1, 0.15) is 33.6 Å². The number of carbonyl (C=O) groups excluding carboxylic acids is 4. The van der Waals surface area contributed by atoms with Crippen molar-refractivity contribution in [3.63, 3.8) is 0 Å². The van der Waals surface area contributed by atoms with E-state index in [1.54, 1.807) is 47.4 Å². The molecular weight excluding hydrogens is 424 g/mol. The molecule has 0 saturated heterocycles. The van der Waals surface area contributed by atoms with Gasteiger partial charge >= 0.3 is 0 Å². The topological polar surface area (TPSA) is 99.3 Å². The summed E-state index contributed by atoms with van der Waals surface area (Å²) in [6.07, 6.45) is 0.763. The van der Waals surface area contributed by atoms with Crippen molar-refractivity contribution in [3.8, 4) is 5.75 Å². The number of nitrogens with one attached hydrogen (secondary N) is 1. The number of rotatable bonds is 8. The van der Waals surface area contributed by atoms with Crippen LogP contribution in [0.5, 0.6) is 5.75 Å². The fourth-order valence-corrected chi connectivity index (χ4v) is 3.95. The van der Waals surface area contributed by atoms with E-state index in [4.69, 9.17) is 4.74 Å². The van der Waals surface area contributed by atoms with E-state index >= 15 is 0 Å². The molecule has 0 aliphatic carbocycles. The zero-order valence-corrected chi connectivity index (χ0v) is 18.7. The average Bonchev–Trinajstić information content (AvgIpc) is 3.03. The van der Waals surface area contributed by atoms with E-state index in [0.717, 1.165) is 17.9 Å². The monoisotopic (exact) mass is 450 g/mol. The zero-order chi connectivity index (χ0) is 23.5. The van der Waals surface area contributed by atoms with Gasteiger partial charge in [0.1, 0.15) is 5.75 Å². The molecule has 33 heavy (non-hydrogen) atoms. The molecule has 2 aliphatic rings. The largest absolute Gasteiger partial charge is 0.482 e.